The van der Waals surface area contributed by atoms with Gasteiger partial charge >= 0.3 is 0 Å². The minimum Gasteiger partial charge on any atom is -0.353 e. The van der Waals surface area contributed by atoms with E-state index in [1.54, 1.807) is 27.8 Å². The van der Waals surface area contributed by atoms with Gasteiger partial charge in [0.05, 0.1) is 10.3 Å². The summed E-state index contributed by atoms with van der Waals surface area (Å²) in [5, 5.41) is 1.11. The summed E-state index contributed by atoms with van der Waals surface area (Å²) >= 11 is 1.71. The second-order valence-corrected chi connectivity index (χ2v) is 10.6. The Morgan fingerprint density at radius 1 is 1.00 bits per heavy atom. The predicted octanol–water partition coefficient (Wildman–Crippen LogP) is 3.69. The van der Waals surface area contributed by atoms with Crippen LogP contribution in [0.4, 0.5) is 5.82 Å². The molecule has 0 amide bonds. The maximum Gasteiger partial charge on any atom is 0.243 e. The number of nitrogens with zero attached hydrogens (tertiary/aromatic N) is 4. The van der Waals surface area contributed by atoms with Crippen molar-refractivity contribution in [2.45, 2.75) is 39.0 Å². The number of sulfonamides is 1. The molecule has 0 N–H and O–H groups in total. The van der Waals surface area contributed by atoms with Crippen molar-refractivity contribution in [3.63, 3.8) is 0 Å². The molecule has 4 rings (SSSR count). The van der Waals surface area contributed by atoms with Crippen LogP contribution in [0.5, 0.6) is 0 Å². The van der Waals surface area contributed by atoms with Gasteiger partial charge in [-0.15, -0.1) is 11.3 Å². The fourth-order valence-electron chi connectivity index (χ4n) is 3.66. The van der Waals surface area contributed by atoms with Crippen molar-refractivity contribution in [1.82, 2.24) is 14.3 Å². The summed E-state index contributed by atoms with van der Waals surface area (Å²) in [6, 6.07) is 7.06. The molecule has 0 atom stereocenters. The topological polar surface area (TPSA) is 66.4 Å². The predicted molar refractivity (Wildman–Crippen MR) is 118 cm³/mol. The summed E-state index contributed by atoms with van der Waals surface area (Å²) in [5.41, 5.74) is 2.27. The average molecular weight is 431 g/mol. The Balaban J connectivity index is 1.61. The SMILES string of the molecule is CCc1nc(N2CCN(S(=O)(=O)c3ccc(C)cc3)CC2)c2c(C)c(C)sc2n1. The first-order valence-electron chi connectivity index (χ1n) is 9.89. The Hall–Kier alpha value is -2.03. The van der Waals surface area contributed by atoms with Crippen molar-refractivity contribution in [2.75, 3.05) is 31.1 Å². The smallest absolute Gasteiger partial charge is 0.243 e. The Labute approximate surface area is 176 Å². The first-order chi connectivity index (χ1) is 13.8. The number of hydrogen-bond acceptors (Lipinski definition) is 6. The molecule has 0 bridgehead atoms. The zero-order chi connectivity index (χ0) is 20.8. The molecular formula is C21H26N4O2S2. The summed E-state index contributed by atoms with van der Waals surface area (Å²) in [6.45, 7) is 10.4. The highest BCUT2D eigenvalue weighted by Gasteiger charge is 2.30. The van der Waals surface area contributed by atoms with Crippen molar-refractivity contribution in [3.8, 4) is 0 Å². The van der Waals surface area contributed by atoms with Gasteiger partial charge in [0.2, 0.25) is 10.0 Å². The van der Waals surface area contributed by atoms with Gasteiger partial charge in [-0.25, -0.2) is 18.4 Å². The molecule has 6 nitrogen and oxygen atoms in total. The highest BCUT2D eigenvalue weighted by Crippen LogP contribution is 2.35. The molecular weight excluding hydrogens is 404 g/mol. The number of rotatable bonds is 4. The fourth-order valence-corrected chi connectivity index (χ4v) is 6.12. The molecule has 1 aliphatic heterocycles. The molecule has 2 aromatic heterocycles. The van der Waals surface area contributed by atoms with Gasteiger partial charge in [-0.2, -0.15) is 4.31 Å². The van der Waals surface area contributed by atoms with E-state index in [2.05, 4.69) is 25.7 Å². The molecule has 0 aliphatic carbocycles. The van der Waals surface area contributed by atoms with Crippen LogP contribution in [0.3, 0.4) is 0 Å². The number of thiophene rings is 1. The monoisotopic (exact) mass is 430 g/mol. The Bertz CT molecular complexity index is 1150. The van der Waals surface area contributed by atoms with Gasteiger partial charge in [-0.05, 0) is 38.5 Å². The minimum atomic E-state index is -3.47. The highest BCUT2D eigenvalue weighted by molar-refractivity contribution is 7.89. The molecule has 1 aromatic carbocycles. The summed E-state index contributed by atoms with van der Waals surface area (Å²) in [6.07, 6.45) is 0.778. The Morgan fingerprint density at radius 2 is 1.66 bits per heavy atom. The van der Waals surface area contributed by atoms with Crippen molar-refractivity contribution in [2.24, 2.45) is 0 Å². The zero-order valence-electron chi connectivity index (χ0n) is 17.3. The normalized spacial score (nSPS) is 15.9. The van der Waals surface area contributed by atoms with E-state index in [9.17, 15) is 8.42 Å². The van der Waals surface area contributed by atoms with Crippen LogP contribution in [0, 0.1) is 20.8 Å². The van der Waals surface area contributed by atoms with Crippen LogP contribution in [0.15, 0.2) is 29.2 Å². The van der Waals surface area contributed by atoms with Gasteiger partial charge in [-0.1, -0.05) is 24.6 Å². The summed E-state index contributed by atoms with van der Waals surface area (Å²) in [7, 11) is -3.47. The molecule has 0 spiro atoms. The third-order valence-corrected chi connectivity index (χ3v) is 8.58. The number of aromatic nitrogens is 2. The molecule has 154 valence electrons. The standard InChI is InChI=1S/C21H26N4O2S2/c1-5-18-22-20(19-15(3)16(4)28-21(19)23-18)24-10-12-25(13-11-24)29(26,27)17-8-6-14(2)7-9-17/h6-9H,5,10-13H2,1-4H3. The van der Waals surface area contributed by atoms with E-state index in [1.807, 2.05) is 19.1 Å². The summed E-state index contributed by atoms with van der Waals surface area (Å²) in [5.74, 6) is 1.78. The largest absolute Gasteiger partial charge is 0.353 e. The number of anilines is 1. The molecule has 0 radical (unpaired) electrons. The number of fused-ring (bicyclic) bond motifs is 1. The molecule has 0 saturated carbocycles. The molecule has 0 unspecified atom stereocenters. The van der Waals surface area contributed by atoms with Crippen LogP contribution in [0.25, 0.3) is 10.2 Å². The second-order valence-electron chi connectivity index (χ2n) is 7.48. The molecule has 29 heavy (non-hydrogen) atoms. The van der Waals surface area contributed by atoms with E-state index >= 15 is 0 Å². The molecule has 3 aromatic rings. The summed E-state index contributed by atoms with van der Waals surface area (Å²) < 4.78 is 27.6. The van der Waals surface area contributed by atoms with E-state index in [1.165, 1.54) is 10.4 Å². The van der Waals surface area contributed by atoms with Crippen molar-refractivity contribution < 1.29 is 8.42 Å². The van der Waals surface area contributed by atoms with Gasteiger partial charge in [0.1, 0.15) is 16.5 Å². The van der Waals surface area contributed by atoms with Gasteiger partial charge in [0.15, 0.2) is 0 Å². The van der Waals surface area contributed by atoms with Crippen molar-refractivity contribution in [1.29, 1.82) is 0 Å². The van der Waals surface area contributed by atoms with Gasteiger partial charge in [0, 0.05) is 37.5 Å². The molecule has 3 heterocycles. The lowest BCUT2D eigenvalue weighted by Gasteiger charge is -2.35. The lowest BCUT2D eigenvalue weighted by molar-refractivity contribution is 0.384. The van der Waals surface area contributed by atoms with Crippen LogP contribution in [-0.2, 0) is 16.4 Å². The van der Waals surface area contributed by atoms with E-state index in [0.717, 1.165) is 33.8 Å². The van der Waals surface area contributed by atoms with Crippen molar-refractivity contribution in [3.05, 3.63) is 46.1 Å². The van der Waals surface area contributed by atoms with Gasteiger partial charge < -0.3 is 4.90 Å². The third kappa shape index (κ3) is 3.65. The second kappa shape index (κ2) is 7.66. The number of aryl methyl sites for hydroxylation is 4. The fraction of sp³-hybridized carbons (Fsp3) is 0.429. The molecule has 1 fully saturated rings. The Kier molecular flexibility index (Phi) is 5.35. The number of hydrogen-bond donors (Lipinski definition) is 0. The number of piperazine rings is 1. The molecule has 1 aliphatic rings. The minimum absolute atomic E-state index is 0.360. The van der Waals surface area contributed by atoms with Crippen LogP contribution in [-0.4, -0.2) is 48.9 Å². The third-order valence-electron chi connectivity index (χ3n) is 5.57. The quantitative estimate of drug-likeness (QED) is 0.632. The van der Waals surface area contributed by atoms with Crippen LogP contribution >= 0.6 is 11.3 Å². The average Bonchev–Trinajstić information content (AvgIpc) is 3.01. The van der Waals surface area contributed by atoms with E-state index in [-0.39, 0.29) is 0 Å². The Morgan fingerprint density at radius 3 is 2.28 bits per heavy atom. The number of benzene rings is 1. The maximum absolute atomic E-state index is 13.0. The maximum atomic E-state index is 13.0. The highest BCUT2D eigenvalue weighted by atomic mass is 32.2. The van der Waals surface area contributed by atoms with E-state index in [4.69, 9.17) is 9.97 Å². The summed E-state index contributed by atoms with van der Waals surface area (Å²) in [4.78, 5) is 14.4. The van der Waals surface area contributed by atoms with Gasteiger partial charge in [0.25, 0.3) is 0 Å². The lowest BCUT2D eigenvalue weighted by atomic mass is 10.2. The molecule has 8 heteroatoms. The van der Waals surface area contributed by atoms with Crippen LogP contribution in [0.2, 0.25) is 0 Å². The molecule has 1 saturated heterocycles. The first kappa shape index (κ1) is 20.3. The van der Waals surface area contributed by atoms with Crippen LogP contribution in [0.1, 0.15) is 28.8 Å². The van der Waals surface area contributed by atoms with Crippen molar-refractivity contribution >= 4 is 37.4 Å². The first-order valence-corrected chi connectivity index (χ1v) is 12.1. The lowest BCUT2D eigenvalue weighted by Crippen LogP contribution is -2.49. The van der Waals surface area contributed by atoms with Gasteiger partial charge in [-0.3, -0.25) is 0 Å². The zero-order valence-corrected chi connectivity index (χ0v) is 18.9. The van der Waals surface area contributed by atoms with Crippen LogP contribution < -0.4 is 4.90 Å². The van der Waals surface area contributed by atoms with E-state index < -0.39 is 10.0 Å². The van der Waals surface area contributed by atoms with E-state index in [0.29, 0.717) is 31.1 Å².